The molecule has 2 rings (SSSR count). The van der Waals surface area contributed by atoms with Gasteiger partial charge in [0.05, 0.1) is 19.8 Å². The predicted octanol–water partition coefficient (Wildman–Crippen LogP) is 4.09. The Hall–Kier alpha value is -1.50. The van der Waals surface area contributed by atoms with E-state index in [0.717, 1.165) is 25.7 Å². The van der Waals surface area contributed by atoms with E-state index in [1.807, 2.05) is 6.92 Å². The molecule has 0 radical (unpaired) electrons. The van der Waals surface area contributed by atoms with E-state index in [2.05, 4.69) is 6.92 Å². The molecule has 2 saturated heterocycles. The molecular formula is C42H78O15. The van der Waals surface area contributed by atoms with Crippen LogP contribution in [0.3, 0.4) is 0 Å². The van der Waals surface area contributed by atoms with Crippen molar-refractivity contribution in [1.82, 2.24) is 0 Å². The summed E-state index contributed by atoms with van der Waals surface area (Å²) in [4.78, 5) is 25.0. The van der Waals surface area contributed by atoms with Crippen LogP contribution in [0.25, 0.3) is 0 Å². The van der Waals surface area contributed by atoms with Crippen LogP contribution in [0.15, 0.2) is 0 Å². The third-order valence-corrected chi connectivity index (χ3v) is 10.8. The highest BCUT2D eigenvalue weighted by Crippen LogP contribution is 2.26. The van der Waals surface area contributed by atoms with Crippen LogP contribution in [0.1, 0.15) is 162 Å². The molecule has 2 fully saturated rings. The maximum Gasteiger partial charge on any atom is 0.306 e. The molecule has 2 heterocycles. The third kappa shape index (κ3) is 21.0. The summed E-state index contributed by atoms with van der Waals surface area (Å²) in [5.41, 5.74) is 0. The third-order valence-electron chi connectivity index (χ3n) is 10.8. The molecule has 0 amide bonds. The smallest absolute Gasteiger partial charge is 0.306 e. The van der Waals surface area contributed by atoms with Crippen LogP contribution in [0.4, 0.5) is 0 Å². The summed E-state index contributed by atoms with van der Waals surface area (Å²) in [6.45, 7) is 2.32. The average molecular weight is 823 g/mol. The lowest BCUT2D eigenvalue weighted by Gasteiger charge is -2.42. The molecule has 0 aliphatic carbocycles. The lowest BCUT2D eigenvalue weighted by Crippen LogP contribution is -2.61. The van der Waals surface area contributed by atoms with Crippen molar-refractivity contribution < 1.29 is 73.8 Å². The Morgan fingerprint density at radius 1 is 0.491 bits per heavy atom. The number of unbranched alkanes of at least 4 members (excludes halogenated alkanes) is 19. The van der Waals surface area contributed by atoms with Gasteiger partial charge in [-0.25, -0.2) is 0 Å². The fourth-order valence-corrected chi connectivity index (χ4v) is 7.08. The average Bonchev–Trinajstić information content (AvgIpc) is 3.20. The first-order chi connectivity index (χ1) is 27.5. The van der Waals surface area contributed by atoms with E-state index in [9.17, 15) is 45.3 Å². The molecule has 57 heavy (non-hydrogen) atoms. The van der Waals surface area contributed by atoms with Crippen molar-refractivity contribution in [2.45, 2.75) is 229 Å². The number of aliphatic hydroxyl groups is 7. The standard InChI is InChI=1S/C42H78O15/c1-3-5-7-8-9-10-11-12-13-14-15-16-17-18-19-20-21-22-23-25-34(45)55-30(27-52-33(44)24-6-4-2)28-53-41-40(51)38(49)36(47)32(57-41)29-54-42-39(50)37(48)35(46)31(26-43)56-42/h30-32,35-43,46-51H,3-29H2,1-2H3. The zero-order chi connectivity index (χ0) is 41.8. The molecule has 11 atom stereocenters. The highest BCUT2D eigenvalue weighted by molar-refractivity contribution is 5.70. The van der Waals surface area contributed by atoms with E-state index in [4.69, 9.17) is 28.4 Å². The summed E-state index contributed by atoms with van der Waals surface area (Å²) in [7, 11) is 0. The van der Waals surface area contributed by atoms with Crippen molar-refractivity contribution in [3.05, 3.63) is 0 Å². The van der Waals surface area contributed by atoms with E-state index < -0.39 is 92.7 Å². The number of rotatable bonds is 33. The molecule has 336 valence electrons. The molecule has 0 aromatic heterocycles. The summed E-state index contributed by atoms with van der Waals surface area (Å²) < 4.78 is 33.0. The van der Waals surface area contributed by atoms with Crippen molar-refractivity contribution in [2.24, 2.45) is 0 Å². The summed E-state index contributed by atoms with van der Waals surface area (Å²) >= 11 is 0. The van der Waals surface area contributed by atoms with Crippen molar-refractivity contribution in [1.29, 1.82) is 0 Å². The van der Waals surface area contributed by atoms with Crippen LogP contribution in [-0.4, -0.2) is 142 Å². The first-order valence-corrected chi connectivity index (χ1v) is 22.1. The number of hydrogen-bond acceptors (Lipinski definition) is 15. The number of ether oxygens (including phenoxy) is 6. The van der Waals surface area contributed by atoms with Gasteiger partial charge < -0.3 is 64.2 Å². The fraction of sp³-hybridized carbons (Fsp3) is 0.952. The second-order valence-electron chi connectivity index (χ2n) is 15.9. The number of aliphatic hydroxyl groups excluding tert-OH is 7. The number of esters is 2. The summed E-state index contributed by atoms with van der Waals surface area (Å²) in [6, 6.07) is 0. The number of carbonyl (C=O) groups is 2. The molecule has 7 N–H and O–H groups in total. The molecule has 15 heteroatoms. The van der Waals surface area contributed by atoms with E-state index in [1.165, 1.54) is 96.3 Å². The predicted molar refractivity (Wildman–Crippen MR) is 211 cm³/mol. The summed E-state index contributed by atoms with van der Waals surface area (Å²) in [6.07, 6.45) is 8.68. The number of hydrogen-bond donors (Lipinski definition) is 7. The Morgan fingerprint density at radius 2 is 0.912 bits per heavy atom. The maximum absolute atomic E-state index is 12.8. The van der Waals surface area contributed by atoms with Crippen LogP contribution in [0.2, 0.25) is 0 Å². The van der Waals surface area contributed by atoms with Crippen molar-refractivity contribution in [3.8, 4) is 0 Å². The van der Waals surface area contributed by atoms with Crippen LogP contribution in [0, 0.1) is 0 Å². The Labute approximate surface area is 340 Å². The molecule has 0 saturated carbocycles. The Kier molecular flexibility index (Phi) is 28.4. The van der Waals surface area contributed by atoms with E-state index in [-0.39, 0.29) is 26.1 Å². The molecule has 0 bridgehead atoms. The minimum atomic E-state index is -1.76. The monoisotopic (exact) mass is 823 g/mol. The van der Waals surface area contributed by atoms with Gasteiger partial charge in [0.25, 0.3) is 0 Å². The first kappa shape index (κ1) is 51.6. The Morgan fingerprint density at radius 3 is 1.40 bits per heavy atom. The molecule has 0 spiro atoms. The van der Waals surface area contributed by atoms with Crippen LogP contribution in [0.5, 0.6) is 0 Å². The quantitative estimate of drug-likeness (QED) is 0.0365. The van der Waals surface area contributed by atoms with Gasteiger partial charge in [0, 0.05) is 12.8 Å². The molecular weight excluding hydrogens is 744 g/mol. The normalized spacial score (nSPS) is 28.3. The SMILES string of the molecule is CCCCCCCCCCCCCCCCCCCCCC(=O)OC(COC(=O)CCCC)COC1OC(COC2OC(CO)C(O)C(O)C2O)C(O)C(O)C1O. The van der Waals surface area contributed by atoms with Gasteiger partial charge in [0.15, 0.2) is 18.7 Å². The highest BCUT2D eigenvalue weighted by Gasteiger charge is 2.47. The first-order valence-electron chi connectivity index (χ1n) is 22.1. The van der Waals surface area contributed by atoms with E-state index in [1.54, 1.807) is 0 Å². The molecule has 0 aromatic carbocycles. The van der Waals surface area contributed by atoms with Gasteiger partial charge in [0.2, 0.25) is 0 Å². The van der Waals surface area contributed by atoms with Gasteiger partial charge >= 0.3 is 11.9 Å². The lowest BCUT2D eigenvalue weighted by atomic mass is 9.98. The van der Waals surface area contributed by atoms with Gasteiger partial charge in [-0.15, -0.1) is 0 Å². The highest BCUT2D eigenvalue weighted by atomic mass is 16.7. The minimum Gasteiger partial charge on any atom is -0.462 e. The summed E-state index contributed by atoms with van der Waals surface area (Å²) in [5, 5.41) is 71.4. The van der Waals surface area contributed by atoms with E-state index in [0.29, 0.717) is 12.8 Å². The van der Waals surface area contributed by atoms with Gasteiger partial charge in [-0.2, -0.15) is 0 Å². The van der Waals surface area contributed by atoms with Crippen LogP contribution < -0.4 is 0 Å². The topological polar surface area (TPSA) is 231 Å². The van der Waals surface area contributed by atoms with Crippen LogP contribution >= 0.6 is 0 Å². The summed E-state index contributed by atoms with van der Waals surface area (Å²) in [5.74, 6) is -0.957. The number of carbonyl (C=O) groups excluding carboxylic acids is 2. The molecule has 2 aliphatic rings. The Balaban J connectivity index is 1.71. The van der Waals surface area contributed by atoms with Gasteiger partial charge in [-0.3, -0.25) is 9.59 Å². The fourth-order valence-electron chi connectivity index (χ4n) is 7.08. The zero-order valence-electron chi connectivity index (χ0n) is 34.8. The molecule has 11 unspecified atom stereocenters. The van der Waals surface area contributed by atoms with Crippen molar-refractivity contribution >= 4 is 11.9 Å². The lowest BCUT2D eigenvalue weighted by molar-refractivity contribution is -0.332. The maximum atomic E-state index is 12.8. The van der Waals surface area contributed by atoms with Crippen molar-refractivity contribution in [2.75, 3.05) is 26.4 Å². The molecule has 2 aliphatic heterocycles. The van der Waals surface area contributed by atoms with Gasteiger partial charge in [0.1, 0.15) is 55.4 Å². The second-order valence-corrected chi connectivity index (χ2v) is 15.9. The zero-order valence-corrected chi connectivity index (χ0v) is 34.8. The van der Waals surface area contributed by atoms with Crippen LogP contribution in [-0.2, 0) is 38.0 Å². The molecule has 0 aromatic rings. The van der Waals surface area contributed by atoms with E-state index >= 15 is 0 Å². The van der Waals surface area contributed by atoms with Crippen molar-refractivity contribution in [3.63, 3.8) is 0 Å². The van der Waals surface area contributed by atoms with Gasteiger partial charge in [-0.1, -0.05) is 136 Å². The Bertz CT molecular complexity index is 1020. The second kappa shape index (κ2) is 31.4. The van der Waals surface area contributed by atoms with Gasteiger partial charge in [-0.05, 0) is 12.8 Å². The molecule has 15 nitrogen and oxygen atoms in total. The minimum absolute atomic E-state index is 0.171. The largest absolute Gasteiger partial charge is 0.462 e.